The zero-order chi connectivity index (χ0) is 12.1. The van der Waals surface area contributed by atoms with Gasteiger partial charge in [-0.05, 0) is 29.8 Å². The minimum Gasteiger partial charge on any atom is -0.320 e. The largest absolute Gasteiger partial charge is 0.320 e. The molecular weight excluding hydrogens is 217 g/mol. The molecule has 86 valence electrons. The van der Waals surface area contributed by atoms with Crippen molar-refractivity contribution < 1.29 is 4.39 Å². The first-order valence-corrected chi connectivity index (χ1v) is 5.24. The van der Waals surface area contributed by atoms with E-state index in [2.05, 4.69) is 16.9 Å². The lowest BCUT2D eigenvalue weighted by Gasteiger charge is -2.03. The molecule has 0 unspecified atom stereocenters. The van der Waals surface area contributed by atoms with E-state index in [0.29, 0.717) is 12.1 Å². The SMILES string of the molecule is NCC#Cc1cc(F)cc(Cn2cccn2)c1. The van der Waals surface area contributed by atoms with Gasteiger partial charge in [0, 0.05) is 18.0 Å². The second kappa shape index (κ2) is 5.28. The minimum absolute atomic E-state index is 0.269. The first-order chi connectivity index (χ1) is 8.28. The van der Waals surface area contributed by atoms with Crippen molar-refractivity contribution in [3.8, 4) is 11.8 Å². The predicted molar refractivity (Wildman–Crippen MR) is 63.7 cm³/mol. The first-order valence-electron chi connectivity index (χ1n) is 5.24. The van der Waals surface area contributed by atoms with Gasteiger partial charge >= 0.3 is 0 Å². The standard InChI is InChI=1S/C13H12FN3/c14-13-8-11(3-1-4-15)7-12(9-13)10-17-6-2-5-16-17/h2,5-9H,4,10,15H2. The van der Waals surface area contributed by atoms with Gasteiger partial charge in [-0.1, -0.05) is 11.8 Å². The number of aromatic nitrogens is 2. The molecule has 4 heteroatoms. The molecule has 0 atom stereocenters. The summed E-state index contributed by atoms with van der Waals surface area (Å²) >= 11 is 0. The molecule has 17 heavy (non-hydrogen) atoms. The Labute approximate surface area is 99.1 Å². The number of nitrogens with zero attached hydrogens (tertiary/aromatic N) is 2. The quantitative estimate of drug-likeness (QED) is 0.791. The predicted octanol–water partition coefficient (Wildman–Crippen LogP) is 1.38. The molecule has 0 fully saturated rings. The van der Waals surface area contributed by atoms with E-state index in [9.17, 15) is 4.39 Å². The van der Waals surface area contributed by atoms with Crippen LogP contribution in [0.1, 0.15) is 11.1 Å². The van der Waals surface area contributed by atoms with Crippen molar-refractivity contribution in [2.45, 2.75) is 6.54 Å². The van der Waals surface area contributed by atoms with Crippen LogP contribution in [0.25, 0.3) is 0 Å². The summed E-state index contributed by atoms with van der Waals surface area (Å²) < 4.78 is 15.1. The Balaban J connectivity index is 2.25. The third-order valence-corrected chi connectivity index (χ3v) is 2.20. The average molecular weight is 229 g/mol. The van der Waals surface area contributed by atoms with Crippen LogP contribution in [0.15, 0.2) is 36.7 Å². The lowest BCUT2D eigenvalue weighted by molar-refractivity contribution is 0.619. The highest BCUT2D eigenvalue weighted by Gasteiger charge is 2.00. The molecule has 1 aromatic carbocycles. The Kier molecular flexibility index (Phi) is 3.53. The number of benzene rings is 1. The molecule has 0 aliphatic rings. The number of hydrogen-bond donors (Lipinski definition) is 1. The first kappa shape index (κ1) is 11.4. The summed E-state index contributed by atoms with van der Waals surface area (Å²) in [6.07, 6.45) is 3.52. The van der Waals surface area contributed by atoms with Gasteiger partial charge in [0.15, 0.2) is 0 Å². The molecule has 2 aromatic rings. The summed E-state index contributed by atoms with van der Waals surface area (Å²) in [6, 6.07) is 6.55. The summed E-state index contributed by atoms with van der Waals surface area (Å²) in [7, 11) is 0. The van der Waals surface area contributed by atoms with Gasteiger partial charge in [0.2, 0.25) is 0 Å². The van der Waals surface area contributed by atoms with Crippen molar-refractivity contribution in [1.82, 2.24) is 9.78 Å². The topological polar surface area (TPSA) is 43.8 Å². The number of hydrogen-bond acceptors (Lipinski definition) is 2. The van der Waals surface area contributed by atoms with Crippen LogP contribution in [-0.4, -0.2) is 16.3 Å². The Morgan fingerprint density at radius 1 is 1.35 bits per heavy atom. The molecule has 1 heterocycles. The summed E-state index contributed by atoms with van der Waals surface area (Å²) in [6.45, 7) is 0.799. The van der Waals surface area contributed by atoms with Crippen LogP contribution in [0, 0.1) is 17.7 Å². The fourth-order valence-electron chi connectivity index (χ4n) is 1.55. The fraction of sp³-hybridized carbons (Fsp3) is 0.154. The molecule has 2 N–H and O–H groups in total. The molecule has 0 bridgehead atoms. The summed E-state index contributed by atoms with van der Waals surface area (Å²) in [4.78, 5) is 0. The van der Waals surface area contributed by atoms with Crippen molar-refractivity contribution in [3.05, 3.63) is 53.6 Å². The zero-order valence-corrected chi connectivity index (χ0v) is 9.23. The third-order valence-electron chi connectivity index (χ3n) is 2.20. The summed E-state index contributed by atoms with van der Waals surface area (Å²) in [5.74, 6) is 5.23. The number of rotatable bonds is 2. The van der Waals surface area contributed by atoms with Gasteiger partial charge in [0.1, 0.15) is 5.82 Å². The van der Waals surface area contributed by atoms with E-state index in [1.807, 2.05) is 18.3 Å². The van der Waals surface area contributed by atoms with Gasteiger partial charge in [-0.15, -0.1) is 0 Å². The van der Waals surface area contributed by atoms with E-state index in [1.54, 1.807) is 10.9 Å². The van der Waals surface area contributed by atoms with Crippen molar-refractivity contribution in [2.24, 2.45) is 5.73 Å². The fourth-order valence-corrected chi connectivity index (χ4v) is 1.55. The molecule has 0 saturated heterocycles. The smallest absolute Gasteiger partial charge is 0.124 e. The second-order valence-electron chi connectivity index (χ2n) is 3.56. The Morgan fingerprint density at radius 2 is 2.24 bits per heavy atom. The van der Waals surface area contributed by atoms with Crippen LogP contribution >= 0.6 is 0 Å². The Morgan fingerprint density at radius 3 is 2.94 bits per heavy atom. The van der Waals surface area contributed by atoms with E-state index in [-0.39, 0.29) is 12.4 Å². The summed E-state index contributed by atoms with van der Waals surface area (Å²) in [5, 5.41) is 4.07. The van der Waals surface area contributed by atoms with E-state index in [1.165, 1.54) is 12.1 Å². The molecule has 0 aliphatic heterocycles. The van der Waals surface area contributed by atoms with E-state index in [4.69, 9.17) is 5.73 Å². The second-order valence-corrected chi connectivity index (χ2v) is 3.56. The van der Waals surface area contributed by atoms with Crippen LogP contribution in [-0.2, 0) is 6.54 Å². The maximum Gasteiger partial charge on any atom is 0.124 e. The monoisotopic (exact) mass is 229 g/mol. The molecule has 2 rings (SSSR count). The zero-order valence-electron chi connectivity index (χ0n) is 9.23. The molecule has 3 nitrogen and oxygen atoms in total. The van der Waals surface area contributed by atoms with Gasteiger partial charge in [-0.25, -0.2) is 4.39 Å². The molecule has 0 radical (unpaired) electrons. The van der Waals surface area contributed by atoms with E-state index in [0.717, 1.165) is 5.56 Å². The molecular formula is C13H12FN3. The van der Waals surface area contributed by atoms with Crippen LogP contribution in [0.2, 0.25) is 0 Å². The van der Waals surface area contributed by atoms with Crippen LogP contribution in [0.4, 0.5) is 4.39 Å². The lowest BCUT2D eigenvalue weighted by atomic mass is 10.1. The van der Waals surface area contributed by atoms with Gasteiger partial charge in [0.05, 0.1) is 13.1 Å². The minimum atomic E-state index is -0.295. The highest BCUT2D eigenvalue weighted by atomic mass is 19.1. The van der Waals surface area contributed by atoms with Gasteiger partial charge < -0.3 is 5.73 Å². The van der Waals surface area contributed by atoms with Crippen molar-refractivity contribution in [1.29, 1.82) is 0 Å². The van der Waals surface area contributed by atoms with Crippen LogP contribution < -0.4 is 5.73 Å². The normalized spacial score (nSPS) is 9.76. The van der Waals surface area contributed by atoms with Crippen LogP contribution in [0.5, 0.6) is 0 Å². The van der Waals surface area contributed by atoms with Gasteiger partial charge in [0.25, 0.3) is 0 Å². The van der Waals surface area contributed by atoms with Crippen molar-refractivity contribution >= 4 is 0 Å². The number of halogens is 1. The maximum absolute atomic E-state index is 13.4. The molecule has 0 aliphatic carbocycles. The maximum atomic E-state index is 13.4. The van der Waals surface area contributed by atoms with Gasteiger partial charge in [-0.2, -0.15) is 5.10 Å². The lowest BCUT2D eigenvalue weighted by Crippen LogP contribution is -2.01. The van der Waals surface area contributed by atoms with E-state index >= 15 is 0 Å². The third kappa shape index (κ3) is 3.16. The molecule has 0 saturated carbocycles. The summed E-state index contributed by atoms with van der Waals surface area (Å²) in [5.41, 5.74) is 6.75. The highest BCUT2D eigenvalue weighted by molar-refractivity contribution is 5.38. The van der Waals surface area contributed by atoms with Crippen molar-refractivity contribution in [2.75, 3.05) is 6.54 Å². The Bertz CT molecular complexity index is 550. The van der Waals surface area contributed by atoms with Gasteiger partial charge in [-0.3, -0.25) is 4.68 Å². The molecule has 0 spiro atoms. The van der Waals surface area contributed by atoms with Crippen LogP contribution in [0.3, 0.4) is 0 Å². The average Bonchev–Trinajstić information content (AvgIpc) is 2.78. The highest BCUT2D eigenvalue weighted by Crippen LogP contribution is 2.09. The Hall–Kier alpha value is -2.12. The molecule has 1 aromatic heterocycles. The number of nitrogens with two attached hydrogens (primary N) is 1. The molecule has 0 amide bonds. The van der Waals surface area contributed by atoms with Crippen molar-refractivity contribution in [3.63, 3.8) is 0 Å². The van der Waals surface area contributed by atoms with E-state index < -0.39 is 0 Å².